The van der Waals surface area contributed by atoms with Crippen molar-refractivity contribution in [3.05, 3.63) is 23.5 Å². The quantitative estimate of drug-likeness (QED) is 0.868. The normalized spacial score (nSPS) is 18.7. The summed E-state index contributed by atoms with van der Waals surface area (Å²) in [5.74, 6) is 1.64. The van der Waals surface area contributed by atoms with Gasteiger partial charge < -0.3 is 15.1 Å². The lowest BCUT2D eigenvalue weighted by atomic mass is 9.79. The van der Waals surface area contributed by atoms with Gasteiger partial charge in [-0.25, -0.2) is 4.98 Å². The van der Waals surface area contributed by atoms with Crippen molar-refractivity contribution in [2.24, 2.45) is 5.41 Å². The molecule has 2 aromatic rings. The van der Waals surface area contributed by atoms with Gasteiger partial charge in [-0.1, -0.05) is 0 Å². The molecule has 26 heavy (non-hydrogen) atoms. The molecule has 0 atom stereocenters. The molecule has 0 radical (unpaired) electrons. The number of aryl methyl sites for hydroxylation is 2. The lowest BCUT2D eigenvalue weighted by Crippen LogP contribution is -2.58. The van der Waals surface area contributed by atoms with E-state index in [1.165, 1.54) is 18.0 Å². The van der Waals surface area contributed by atoms with Crippen LogP contribution in [0, 0.1) is 30.6 Å². The van der Waals surface area contributed by atoms with Crippen LogP contribution < -0.4 is 10.2 Å². The SMILES string of the molecule is Cc1cc(Nc2ncc(C)c(N3CC4(CCN(CCC#N)C4)C3)n2)sn1. The molecule has 8 heteroatoms. The van der Waals surface area contributed by atoms with E-state index < -0.39 is 0 Å². The average molecular weight is 369 g/mol. The van der Waals surface area contributed by atoms with Gasteiger partial charge in [0.25, 0.3) is 0 Å². The van der Waals surface area contributed by atoms with Gasteiger partial charge in [0.15, 0.2) is 0 Å². The number of nitrogens with one attached hydrogen (secondary N) is 1. The summed E-state index contributed by atoms with van der Waals surface area (Å²) >= 11 is 1.42. The van der Waals surface area contributed by atoms with E-state index in [2.05, 4.69) is 37.5 Å². The highest BCUT2D eigenvalue weighted by molar-refractivity contribution is 7.10. The van der Waals surface area contributed by atoms with Crippen molar-refractivity contribution in [2.45, 2.75) is 26.7 Å². The molecule has 2 aliphatic heterocycles. The molecule has 2 aliphatic rings. The van der Waals surface area contributed by atoms with Gasteiger partial charge >= 0.3 is 0 Å². The van der Waals surface area contributed by atoms with Crippen LogP contribution in [0.1, 0.15) is 24.1 Å². The zero-order chi connectivity index (χ0) is 18.1. The molecule has 0 bridgehead atoms. The third-order valence-electron chi connectivity index (χ3n) is 5.22. The van der Waals surface area contributed by atoms with E-state index >= 15 is 0 Å². The molecule has 2 fully saturated rings. The van der Waals surface area contributed by atoms with Gasteiger partial charge in [-0.2, -0.15) is 14.6 Å². The van der Waals surface area contributed by atoms with E-state index in [-0.39, 0.29) is 0 Å². The molecule has 4 heterocycles. The van der Waals surface area contributed by atoms with Crippen LogP contribution in [0.25, 0.3) is 0 Å². The summed E-state index contributed by atoms with van der Waals surface area (Å²) in [4.78, 5) is 13.9. The van der Waals surface area contributed by atoms with Gasteiger partial charge in [-0.15, -0.1) is 0 Å². The van der Waals surface area contributed by atoms with Crippen LogP contribution in [-0.2, 0) is 0 Å². The molecule has 1 N–H and O–H groups in total. The second kappa shape index (κ2) is 6.82. The zero-order valence-electron chi connectivity index (χ0n) is 15.2. The Balaban J connectivity index is 1.41. The van der Waals surface area contributed by atoms with Gasteiger partial charge in [-0.3, -0.25) is 0 Å². The summed E-state index contributed by atoms with van der Waals surface area (Å²) in [6, 6.07) is 4.25. The second-order valence-electron chi connectivity index (χ2n) is 7.45. The molecule has 7 nitrogen and oxygen atoms in total. The van der Waals surface area contributed by atoms with Crippen molar-refractivity contribution in [3.63, 3.8) is 0 Å². The molecular weight excluding hydrogens is 346 g/mol. The van der Waals surface area contributed by atoms with Crippen LogP contribution in [-0.4, -0.2) is 52.0 Å². The van der Waals surface area contributed by atoms with Crippen LogP contribution in [0.5, 0.6) is 0 Å². The topological polar surface area (TPSA) is 81.0 Å². The molecule has 0 saturated carbocycles. The molecule has 136 valence electrons. The number of nitriles is 1. The summed E-state index contributed by atoms with van der Waals surface area (Å²) in [7, 11) is 0. The van der Waals surface area contributed by atoms with Crippen molar-refractivity contribution in [3.8, 4) is 6.07 Å². The van der Waals surface area contributed by atoms with E-state index in [0.717, 1.165) is 54.8 Å². The van der Waals surface area contributed by atoms with Crippen LogP contribution in [0.2, 0.25) is 0 Å². The van der Waals surface area contributed by atoms with Crippen LogP contribution in [0.15, 0.2) is 12.3 Å². The summed E-state index contributed by atoms with van der Waals surface area (Å²) in [6.45, 7) is 9.21. The minimum Gasteiger partial charge on any atom is -0.355 e. The smallest absolute Gasteiger partial charge is 0.229 e. The number of nitrogens with zero attached hydrogens (tertiary/aromatic N) is 6. The predicted octanol–water partition coefficient (Wildman–Crippen LogP) is 2.72. The van der Waals surface area contributed by atoms with E-state index in [1.54, 1.807) is 0 Å². The summed E-state index contributed by atoms with van der Waals surface area (Å²) < 4.78 is 4.28. The number of likely N-dealkylation sites (tertiary alicyclic amines) is 1. The van der Waals surface area contributed by atoms with E-state index in [9.17, 15) is 0 Å². The first-order chi connectivity index (χ1) is 12.6. The van der Waals surface area contributed by atoms with Crippen LogP contribution in [0.4, 0.5) is 16.8 Å². The highest BCUT2D eigenvalue weighted by Gasteiger charge is 2.48. The summed E-state index contributed by atoms with van der Waals surface area (Å²) in [6.07, 6.45) is 3.72. The number of hydrogen-bond donors (Lipinski definition) is 1. The molecule has 0 aliphatic carbocycles. The minimum atomic E-state index is 0.370. The van der Waals surface area contributed by atoms with E-state index in [0.29, 0.717) is 17.8 Å². The summed E-state index contributed by atoms with van der Waals surface area (Å²) in [5.41, 5.74) is 2.47. The van der Waals surface area contributed by atoms with Gasteiger partial charge in [0.1, 0.15) is 10.8 Å². The van der Waals surface area contributed by atoms with Gasteiger partial charge in [0.05, 0.1) is 11.8 Å². The predicted molar refractivity (Wildman–Crippen MR) is 103 cm³/mol. The van der Waals surface area contributed by atoms with E-state index in [1.807, 2.05) is 19.2 Å². The first-order valence-corrected chi connectivity index (χ1v) is 9.72. The number of rotatable bonds is 5. The van der Waals surface area contributed by atoms with Gasteiger partial charge in [-0.05, 0) is 44.4 Å². The molecule has 0 aromatic carbocycles. The van der Waals surface area contributed by atoms with Gasteiger partial charge in [0, 0.05) is 49.8 Å². The Labute approximate surface area is 157 Å². The monoisotopic (exact) mass is 369 g/mol. The fraction of sp³-hybridized carbons (Fsp3) is 0.556. The average Bonchev–Trinajstić information content (AvgIpc) is 3.20. The molecule has 0 unspecified atom stereocenters. The lowest BCUT2D eigenvalue weighted by Gasteiger charge is -2.49. The lowest BCUT2D eigenvalue weighted by molar-refractivity contribution is 0.205. The first-order valence-electron chi connectivity index (χ1n) is 8.95. The standard InChI is InChI=1S/C18H23N7S/c1-13-9-20-17(21-15-8-14(2)23-26-15)22-16(13)25-11-18(12-25)4-7-24(10-18)6-3-5-19/h8-9H,3-4,6-7,10-12H2,1-2H3,(H,20,21,22). The Bertz CT molecular complexity index is 834. The van der Waals surface area contributed by atoms with E-state index in [4.69, 9.17) is 10.2 Å². The molecule has 0 amide bonds. The third kappa shape index (κ3) is 3.37. The van der Waals surface area contributed by atoms with Gasteiger partial charge in [0.2, 0.25) is 5.95 Å². The fourth-order valence-electron chi connectivity index (χ4n) is 3.94. The minimum absolute atomic E-state index is 0.370. The fourth-order valence-corrected chi connectivity index (χ4v) is 4.60. The zero-order valence-corrected chi connectivity index (χ0v) is 16.0. The highest BCUT2D eigenvalue weighted by atomic mass is 32.1. The summed E-state index contributed by atoms with van der Waals surface area (Å²) in [5, 5.41) is 13.0. The van der Waals surface area contributed by atoms with Crippen molar-refractivity contribution in [2.75, 3.05) is 42.9 Å². The Morgan fingerprint density at radius 2 is 2.19 bits per heavy atom. The maximum absolute atomic E-state index is 8.77. The van der Waals surface area contributed by atoms with Crippen LogP contribution in [0.3, 0.4) is 0 Å². The highest BCUT2D eigenvalue weighted by Crippen LogP contribution is 2.42. The van der Waals surface area contributed by atoms with Crippen molar-refractivity contribution in [1.82, 2.24) is 19.2 Å². The Kier molecular flexibility index (Phi) is 4.51. The molecular formula is C18H23N7S. The van der Waals surface area contributed by atoms with Crippen molar-refractivity contribution in [1.29, 1.82) is 5.26 Å². The number of aromatic nitrogens is 3. The third-order valence-corrected chi connectivity index (χ3v) is 6.01. The molecule has 1 spiro atoms. The van der Waals surface area contributed by atoms with Crippen molar-refractivity contribution >= 4 is 28.3 Å². The van der Waals surface area contributed by atoms with Crippen molar-refractivity contribution < 1.29 is 0 Å². The maximum Gasteiger partial charge on any atom is 0.229 e. The maximum atomic E-state index is 8.77. The van der Waals surface area contributed by atoms with Crippen LogP contribution >= 0.6 is 11.5 Å². The number of hydrogen-bond acceptors (Lipinski definition) is 8. The molecule has 2 aromatic heterocycles. The second-order valence-corrected chi connectivity index (χ2v) is 8.25. The Morgan fingerprint density at radius 3 is 2.92 bits per heavy atom. The molecule has 2 saturated heterocycles. The molecule has 4 rings (SSSR count). The Hall–Kier alpha value is -2.24. The Morgan fingerprint density at radius 1 is 1.35 bits per heavy atom. The number of anilines is 3. The first kappa shape index (κ1) is 17.2. The largest absolute Gasteiger partial charge is 0.355 e.